The molecule has 1 amide bonds. The zero-order chi connectivity index (χ0) is 21.3. The fourth-order valence-electron chi connectivity index (χ4n) is 3.72. The second kappa shape index (κ2) is 8.04. The van der Waals surface area contributed by atoms with Crippen LogP contribution in [-0.2, 0) is 9.53 Å². The SMILES string of the molecule is CC(C)(C)OC(=O)N1CCN(c2ccnc(-c3cnn(C4CC(C=O)C4)c3)n2)CC1. The molecule has 0 radical (unpaired) electrons. The van der Waals surface area contributed by atoms with Gasteiger partial charge in [0.25, 0.3) is 0 Å². The van der Waals surface area contributed by atoms with Crippen molar-refractivity contribution in [2.75, 3.05) is 31.1 Å². The van der Waals surface area contributed by atoms with Gasteiger partial charge in [-0.05, 0) is 39.7 Å². The van der Waals surface area contributed by atoms with Crippen LogP contribution >= 0.6 is 0 Å². The molecule has 2 aromatic heterocycles. The maximum Gasteiger partial charge on any atom is 0.410 e. The van der Waals surface area contributed by atoms with Crippen molar-refractivity contribution in [3.63, 3.8) is 0 Å². The van der Waals surface area contributed by atoms with E-state index in [2.05, 4.69) is 15.0 Å². The number of rotatable bonds is 4. The quantitative estimate of drug-likeness (QED) is 0.713. The molecule has 1 saturated carbocycles. The van der Waals surface area contributed by atoms with Gasteiger partial charge < -0.3 is 19.3 Å². The van der Waals surface area contributed by atoms with Crippen LogP contribution in [-0.4, -0.2) is 68.8 Å². The van der Waals surface area contributed by atoms with Crippen LogP contribution < -0.4 is 4.90 Å². The monoisotopic (exact) mass is 412 g/mol. The third-order valence-corrected chi connectivity index (χ3v) is 5.47. The van der Waals surface area contributed by atoms with Crippen molar-refractivity contribution >= 4 is 18.2 Å². The maximum absolute atomic E-state index is 12.3. The summed E-state index contributed by atoms with van der Waals surface area (Å²) in [5, 5.41) is 4.43. The molecule has 0 aromatic carbocycles. The van der Waals surface area contributed by atoms with Crippen LogP contribution in [0.1, 0.15) is 39.7 Å². The molecule has 1 aliphatic carbocycles. The van der Waals surface area contributed by atoms with Crippen LogP contribution in [0.3, 0.4) is 0 Å². The van der Waals surface area contributed by atoms with Gasteiger partial charge in [-0.15, -0.1) is 0 Å². The minimum absolute atomic E-state index is 0.154. The molecule has 0 unspecified atom stereocenters. The van der Waals surface area contributed by atoms with Crippen LogP contribution in [0.25, 0.3) is 11.4 Å². The number of anilines is 1. The summed E-state index contributed by atoms with van der Waals surface area (Å²) in [5.74, 6) is 1.61. The van der Waals surface area contributed by atoms with E-state index < -0.39 is 5.60 Å². The van der Waals surface area contributed by atoms with Gasteiger partial charge in [0, 0.05) is 44.5 Å². The summed E-state index contributed by atoms with van der Waals surface area (Å²) >= 11 is 0. The average molecular weight is 412 g/mol. The number of piperazine rings is 1. The molecule has 9 nitrogen and oxygen atoms in total. The van der Waals surface area contributed by atoms with Crippen molar-refractivity contribution < 1.29 is 14.3 Å². The third kappa shape index (κ3) is 4.44. The summed E-state index contributed by atoms with van der Waals surface area (Å²) < 4.78 is 7.37. The minimum Gasteiger partial charge on any atom is -0.444 e. The van der Waals surface area contributed by atoms with Gasteiger partial charge in [0.15, 0.2) is 5.82 Å². The van der Waals surface area contributed by atoms with E-state index in [0.29, 0.717) is 32.0 Å². The normalized spacial score (nSPS) is 21.8. The molecule has 1 saturated heterocycles. The highest BCUT2D eigenvalue weighted by Gasteiger charge is 2.31. The van der Waals surface area contributed by atoms with Gasteiger partial charge in [0.1, 0.15) is 17.7 Å². The Balaban J connectivity index is 1.38. The van der Waals surface area contributed by atoms with Crippen molar-refractivity contribution in [2.45, 2.75) is 45.3 Å². The first kappa shape index (κ1) is 20.3. The fraction of sp³-hybridized carbons (Fsp3) is 0.571. The molecule has 0 spiro atoms. The topological polar surface area (TPSA) is 93.5 Å². The smallest absolute Gasteiger partial charge is 0.410 e. The Hall–Kier alpha value is -2.97. The number of carbonyl (C=O) groups excluding carboxylic acids is 2. The Morgan fingerprint density at radius 3 is 2.60 bits per heavy atom. The van der Waals surface area contributed by atoms with Gasteiger partial charge in [0.05, 0.1) is 17.8 Å². The highest BCUT2D eigenvalue weighted by molar-refractivity contribution is 5.68. The first-order valence-corrected chi connectivity index (χ1v) is 10.4. The predicted octanol–water partition coefficient (Wildman–Crippen LogP) is 2.55. The molecule has 0 bridgehead atoms. The Bertz CT molecular complexity index is 907. The molecule has 30 heavy (non-hydrogen) atoms. The third-order valence-electron chi connectivity index (χ3n) is 5.47. The molecule has 2 fully saturated rings. The molecule has 0 N–H and O–H groups in total. The van der Waals surface area contributed by atoms with E-state index in [1.807, 2.05) is 37.7 Å². The number of carbonyl (C=O) groups is 2. The van der Waals surface area contributed by atoms with E-state index in [0.717, 1.165) is 30.5 Å². The Kier molecular flexibility index (Phi) is 5.44. The molecule has 0 atom stereocenters. The molecule has 9 heteroatoms. The van der Waals surface area contributed by atoms with Crippen LogP contribution in [0, 0.1) is 5.92 Å². The first-order valence-electron chi connectivity index (χ1n) is 10.4. The van der Waals surface area contributed by atoms with Crippen molar-refractivity contribution in [3.05, 3.63) is 24.7 Å². The molecule has 2 aliphatic rings. The van der Waals surface area contributed by atoms with Crippen LogP contribution in [0.4, 0.5) is 10.6 Å². The highest BCUT2D eigenvalue weighted by Crippen LogP contribution is 2.36. The molecule has 4 rings (SSSR count). The number of aldehydes is 1. The van der Waals surface area contributed by atoms with Crippen LogP contribution in [0.2, 0.25) is 0 Å². The number of hydrogen-bond donors (Lipinski definition) is 0. The van der Waals surface area contributed by atoms with Gasteiger partial charge in [-0.25, -0.2) is 14.8 Å². The van der Waals surface area contributed by atoms with Crippen molar-refractivity contribution in [1.29, 1.82) is 0 Å². The maximum atomic E-state index is 12.3. The standard InChI is InChI=1S/C21H28N6O3/c1-21(2,3)30-20(29)26-8-6-25(7-9-26)18-4-5-22-19(24-18)16-12-23-27(13-16)17-10-15(11-17)14-28/h4-5,12-15,17H,6-11H2,1-3H3. The van der Waals surface area contributed by atoms with Crippen molar-refractivity contribution in [3.8, 4) is 11.4 Å². The molecular weight excluding hydrogens is 384 g/mol. The van der Waals surface area contributed by atoms with Gasteiger partial charge in [-0.3, -0.25) is 4.68 Å². The largest absolute Gasteiger partial charge is 0.444 e. The summed E-state index contributed by atoms with van der Waals surface area (Å²) in [6.07, 6.45) is 7.91. The second-order valence-corrected chi connectivity index (χ2v) is 8.92. The van der Waals surface area contributed by atoms with E-state index in [-0.39, 0.29) is 18.1 Å². The summed E-state index contributed by atoms with van der Waals surface area (Å²) in [4.78, 5) is 36.1. The molecule has 2 aromatic rings. The van der Waals surface area contributed by atoms with Crippen molar-refractivity contribution in [1.82, 2.24) is 24.6 Å². The van der Waals surface area contributed by atoms with E-state index >= 15 is 0 Å². The van der Waals surface area contributed by atoms with Gasteiger partial charge in [-0.1, -0.05) is 0 Å². The summed E-state index contributed by atoms with van der Waals surface area (Å²) in [6.45, 7) is 8.16. The van der Waals surface area contributed by atoms with Gasteiger partial charge in [0.2, 0.25) is 0 Å². The molecule has 1 aliphatic heterocycles. The lowest BCUT2D eigenvalue weighted by atomic mass is 9.81. The first-order chi connectivity index (χ1) is 14.3. The van der Waals surface area contributed by atoms with E-state index in [9.17, 15) is 9.59 Å². The number of amides is 1. The number of hydrogen-bond acceptors (Lipinski definition) is 7. The summed E-state index contributed by atoms with van der Waals surface area (Å²) in [7, 11) is 0. The number of aromatic nitrogens is 4. The molecule has 3 heterocycles. The summed E-state index contributed by atoms with van der Waals surface area (Å²) in [5.41, 5.74) is 0.368. The lowest BCUT2D eigenvalue weighted by Crippen LogP contribution is -2.50. The Morgan fingerprint density at radius 1 is 1.20 bits per heavy atom. The molecule has 160 valence electrons. The summed E-state index contributed by atoms with van der Waals surface area (Å²) in [6, 6.07) is 2.16. The predicted molar refractivity (Wildman–Crippen MR) is 111 cm³/mol. The van der Waals surface area contributed by atoms with E-state index in [4.69, 9.17) is 9.72 Å². The van der Waals surface area contributed by atoms with Crippen LogP contribution in [0.15, 0.2) is 24.7 Å². The van der Waals surface area contributed by atoms with E-state index in [1.54, 1.807) is 17.3 Å². The zero-order valence-corrected chi connectivity index (χ0v) is 17.7. The lowest BCUT2D eigenvalue weighted by Gasteiger charge is -2.36. The van der Waals surface area contributed by atoms with E-state index in [1.165, 1.54) is 0 Å². The average Bonchev–Trinajstić information content (AvgIpc) is 3.16. The van der Waals surface area contributed by atoms with Gasteiger partial charge >= 0.3 is 6.09 Å². The number of ether oxygens (including phenoxy) is 1. The Morgan fingerprint density at radius 2 is 1.93 bits per heavy atom. The van der Waals surface area contributed by atoms with Crippen LogP contribution in [0.5, 0.6) is 0 Å². The minimum atomic E-state index is -0.492. The highest BCUT2D eigenvalue weighted by atomic mass is 16.6. The fourth-order valence-corrected chi connectivity index (χ4v) is 3.72. The van der Waals surface area contributed by atoms with Crippen molar-refractivity contribution in [2.24, 2.45) is 5.92 Å². The van der Waals surface area contributed by atoms with Gasteiger partial charge in [-0.2, -0.15) is 5.10 Å². The zero-order valence-electron chi connectivity index (χ0n) is 17.7. The Labute approximate surface area is 176 Å². The lowest BCUT2D eigenvalue weighted by molar-refractivity contribution is -0.114. The number of nitrogens with zero attached hydrogens (tertiary/aromatic N) is 6. The molecular formula is C21H28N6O3. The second-order valence-electron chi connectivity index (χ2n) is 8.92.